The van der Waals surface area contributed by atoms with Crippen LogP contribution in [0.25, 0.3) is 0 Å². The molecular weight excluding hydrogens is 254 g/mol. The monoisotopic (exact) mass is 273 g/mol. The highest BCUT2D eigenvalue weighted by Crippen LogP contribution is 2.07. The first-order chi connectivity index (χ1) is 9.70. The zero-order valence-corrected chi connectivity index (χ0v) is 11.7. The highest BCUT2D eigenvalue weighted by atomic mass is 16.2. The molecule has 1 aromatic rings. The molecule has 5 nitrogen and oxygen atoms in total. The molecule has 0 unspecified atom stereocenters. The number of likely N-dealkylation sites (N-methyl/N-ethyl adjacent to an activating group) is 1. The van der Waals surface area contributed by atoms with Crippen molar-refractivity contribution in [3.63, 3.8) is 0 Å². The van der Waals surface area contributed by atoms with Crippen LogP contribution in [0.5, 0.6) is 0 Å². The molecule has 0 saturated carbocycles. The van der Waals surface area contributed by atoms with Crippen LogP contribution in [0.1, 0.15) is 22.5 Å². The second-order valence-electron chi connectivity index (χ2n) is 4.80. The summed E-state index contributed by atoms with van der Waals surface area (Å²) >= 11 is 0. The van der Waals surface area contributed by atoms with E-state index in [-0.39, 0.29) is 12.5 Å². The van der Waals surface area contributed by atoms with Crippen molar-refractivity contribution >= 4 is 5.91 Å². The van der Waals surface area contributed by atoms with Gasteiger partial charge in [0.25, 0.3) is 5.91 Å². The average Bonchev–Trinajstić information content (AvgIpc) is 2.48. The smallest absolute Gasteiger partial charge is 0.272 e. The van der Waals surface area contributed by atoms with Gasteiger partial charge in [-0.3, -0.25) is 4.79 Å². The molecule has 1 aromatic heterocycles. The van der Waals surface area contributed by atoms with Crippen molar-refractivity contribution in [1.29, 1.82) is 0 Å². The summed E-state index contributed by atoms with van der Waals surface area (Å²) in [6.07, 6.45) is 2.05. The van der Waals surface area contributed by atoms with Crippen molar-refractivity contribution in [2.45, 2.75) is 6.42 Å². The third-order valence-electron chi connectivity index (χ3n) is 3.24. The van der Waals surface area contributed by atoms with Gasteiger partial charge in [-0.1, -0.05) is 11.8 Å². The van der Waals surface area contributed by atoms with E-state index in [0.717, 1.165) is 31.7 Å². The number of rotatable bonds is 2. The maximum atomic E-state index is 12.3. The number of nitrogens with zero attached hydrogens (tertiary/aromatic N) is 3. The van der Waals surface area contributed by atoms with Crippen LogP contribution < -0.4 is 0 Å². The first-order valence-corrected chi connectivity index (χ1v) is 6.74. The molecular formula is C15H19N3O2. The number of carbonyl (C=O) groups excluding carboxylic acids is 1. The Morgan fingerprint density at radius 1 is 1.35 bits per heavy atom. The maximum Gasteiger partial charge on any atom is 0.272 e. The summed E-state index contributed by atoms with van der Waals surface area (Å²) in [5.41, 5.74) is 1.22. The molecule has 20 heavy (non-hydrogen) atoms. The number of amides is 1. The number of carbonyl (C=O) groups is 1. The number of aromatic nitrogens is 1. The molecule has 0 aliphatic carbocycles. The fourth-order valence-electron chi connectivity index (χ4n) is 1.99. The molecule has 1 amide bonds. The Hall–Kier alpha value is -1.90. The third-order valence-corrected chi connectivity index (χ3v) is 3.24. The molecule has 5 heteroatoms. The van der Waals surface area contributed by atoms with Crippen molar-refractivity contribution in [3.8, 4) is 11.8 Å². The summed E-state index contributed by atoms with van der Waals surface area (Å²) < 4.78 is 0. The van der Waals surface area contributed by atoms with E-state index in [1.807, 2.05) is 4.90 Å². The van der Waals surface area contributed by atoms with Crippen LogP contribution >= 0.6 is 0 Å². The molecule has 0 spiro atoms. The van der Waals surface area contributed by atoms with Crippen LogP contribution in [0.4, 0.5) is 0 Å². The van der Waals surface area contributed by atoms with Crippen molar-refractivity contribution in [1.82, 2.24) is 14.8 Å². The van der Waals surface area contributed by atoms with Gasteiger partial charge in [-0.2, -0.15) is 0 Å². The molecule has 1 saturated heterocycles. The zero-order chi connectivity index (χ0) is 14.4. The number of hydrogen-bond donors (Lipinski definition) is 1. The predicted molar refractivity (Wildman–Crippen MR) is 76.2 cm³/mol. The molecule has 1 N–H and O–H groups in total. The SMILES string of the molecule is CN1CCN(C(=O)c2ccc(C#CCCO)cn2)CC1. The number of hydrogen-bond acceptors (Lipinski definition) is 4. The normalized spacial score (nSPS) is 15.6. The Kier molecular flexibility index (Phi) is 5.10. The van der Waals surface area contributed by atoms with Crippen molar-refractivity contribution < 1.29 is 9.90 Å². The standard InChI is InChI=1S/C15H19N3O2/c1-17-7-9-18(10-8-17)15(20)14-6-5-13(12-16-14)4-2-3-11-19/h5-6,12,19H,3,7-11H2,1H3. The lowest BCUT2D eigenvalue weighted by molar-refractivity contribution is 0.0658. The lowest BCUT2D eigenvalue weighted by Crippen LogP contribution is -2.47. The minimum atomic E-state index is -0.0204. The van der Waals surface area contributed by atoms with E-state index in [2.05, 4.69) is 28.8 Å². The van der Waals surface area contributed by atoms with Crippen molar-refractivity contribution in [2.24, 2.45) is 0 Å². The molecule has 0 bridgehead atoms. The molecule has 0 atom stereocenters. The Labute approximate surface area is 119 Å². The quantitative estimate of drug-likeness (QED) is 0.782. The summed E-state index contributed by atoms with van der Waals surface area (Å²) in [6, 6.07) is 3.50. The number of pyridine rings is 1. The van der Waals surface area contributed by atoms with Crippen LogP contribution in [-0.4, -0.2) is 65.6 Å². The number of aliphatic hydroxyl groups excluding tert-OH is 1. The van der Waals surface area contributed by atoms with Gasteiger partial charge in [0.05, 0.1) is 6.61 Å². The van der Waals surface area contributed by atoms with Gasteiger partial charge in [-0.25, -0.2) is 4.98 Å². The van der Waals surface area contributed by atoms with Crippen LogP contribution in [0.15, 0.2) is 18.3 Å². The van der Waals surface area contributed by atoms with Gasteiger partial charge < -0.3 is 14.9 Å². The third kappa shape index (κ3) is 3.80. The van der Waals surface area contributed by atoms with Gasteiger partial charge >= 0.3 is 0 Å². The summed E-state index contributed by atoms with van der Waals surface area (Å²) in [6.45, 7) is 3.34. The first kappa shape index (κ1) is 14.5. The average molecular weight is 273 g/mol. The summed E-state index contributed by atoms with van der Waals surface area (Å²) in [7, 11) is 2.06. The van der Waals surface area contributed by atoms with E-state index in [9.17, 15) is 4.79 Å². The van der Waals surface area contributed by atoms with Crippen LogP contribution in [-0.2, 0) is 0 Å². The van der Waals surface area contributed by atoms with Crippen molar-refractivity contribution in [3.05, 3.63) is 29.6 Å². The van der Waals surface area contributed by atoms with Gasteiger partial charge in [-0.05, 0) is 19.2 Å². The fourth-order valence-corrected chi connectivity index (χ4v) is 1.99. The molecule has 2 heterocycles. The van der Waals surface area contributed by atoms with E-state index in [0.29, 0.717) is 12.1 Å². The van der Waals surface area contributed by atoms with Gasteiger partial charge in [-0.15, -0.1) is 0 Å². The largest absolute Gasteiger partial charge is 0.395 e. The van der Waals surface area contributed by atoms with Gasteiger partial charge in [0.1, 0.15) is 5.69 Å². The Balaban J connectivity index is 1.99. The second-order valence-corrected chi connectivity index (χ2v) is 4.80. The van der Waals surface area contributed by atoms with Crippen LogP contribution in [0, 0.1) is 11.8 Å². The molecule has 0 aromatic carbocycles. The van der Waals surface area contributed by atoms with Crippen molar-refractivity contribution in [2.75, 3.05) is 39.8 Å². The topological polar surface area (TPSA) is 56.7 Å². The predicted octanol–water partition coefficient (Wildman–Crippen LogP) is 0.203. The lowest BCUT2D eigenvalue weighted by atomic mass is 10.2. The minimum Gasteiger partial charge on any atom is -0.395 e. The fraction of sp³-hybridized carbons (Fsp3) is 0.467. The molecule has 2 rings (SSSR count). The van der Waals surface area contributed by atoms with Gasteiger partial charge in [0.2, 0.25) is 0 Å². The summed E-state index contributed by atoms with van der Waals surface area (Å²) in [5, 5.41) is 8.65. The van der Waals surface area contributed by atoms with Crippen LogP contribution in [0.2, 0.25) is 0 Å². The van der Waals surface area contributed by atoms with E-state index < -0.39 is 0 Å². The molecule has 106 valence electrons. The van der Waals surface area contributed by atoms with Gasteiger partial charge in [0.15, 0.2) is 0 Å². The highest BCUT2D eigenvalue weighted by Gasteiger charge is 2.20. The van der Waals surface area contributed by atoms with E-state index in [1.165, 1.54) is 0 Å². The van der Waals surface area contributed by atoms with Gasteiger partial charge in [0, 0.05) is 44.4 Å². The molecule has 1 aliphatic heterocycles. The zero-order valence-electron chi connectivity index (χ0n) is 11.7. The second kappa shape index (κ2) is 7.04. The lowest BCUT2D eigenvalue weighted by Gasteiger charge is -2.32. The molecule has 1 aliphatic rings. The molecule has 1 fully saturated rings. The number of aliphatic hydroxyl groups is 1. The Morgan fingerprint density at radius 2 is 2.10 bits per heavy atom. The van der Waals surface area contributed by atoms with Crippen LogP contribution in [0.3, 0.4) is 0 Å². The Bertz CT molecular complexity index is 508. The summed E-state index contributed by atoms with van der Waals surface area (Å²) in [4.78, 5) is 20.5. The Morgan fingerprint density at radius 3 is 2.70 bits per heavy atom. The minimum absolute atomic E-state index is 0.0204. The highest BCUT2D eigenvalue weighted by molar-refractivity contribution is 5.92. The van der Waals surface area contributed by atoms with E-state index in [1.54, 1.807) is 18.3 Å². The van der Waals surface area contributed by atoms with E-state index >= 15 is 0 Å². The number of piperazine rings is 1. The van der Waals surface area contributed by atoms with E-state index in [4.69, 9.17) is 5.11 Å². The summed E-state index contributed by atoms with van der Waals surface area (Å²) in [5.74, 6) is 5.70. The first-order valence-electron chi connectivity index (χ1n) is 6.74. The maximum absolute atomic E-state index is 12.3. The molecule has 0 radical (unpaired) electrons.